The molecule has 0 saturated carbocycles. The molecule has 0 radical (unpaired) electrons. The molecule has 1 aliphatic rings. The van der Waals surface area contributed by atoms with E-state index in [0.29, 0.717) is 13.2 Å². The van der Waals surface area contributed by atoms with Gasteiger partial charge in [0.05, 0.1) is 13.2 Å². The summed E-state index contributed by atoms with van der Waals surface area (Å²) >= 11 is 3.32. The number of hydrogen-bond donors (Lipinski definition) is 1. The summed E-state index contributed by atoms with van der Waals surface area (Å²) in [7, 11) is 0. The van der Waals surface area contributed by atoms with E-state index in [1.165, 1.54) is 17.7 Å². The third-order valence-electron chi connectivity index (χ3n) is 4.52. The Bertz CT molecular complexity index is 621. The lowest BCUT2D eigenvalue weighted by molar-refractivity contribution is 0.0564. The van der Waals surface area contributed by atoms with E-state index < -0.39 is 0 Å². The van der Waals surface area contributed by atoms with Crippen LogP contribution in [0.4, 0.5) is 4.39 Å². The summed E-state index contributed by atoms with van der Waals surface area (Å²) < 4.78 is 20.2. The van der Waals surface area contributed by atoms with Crippen molar-refractivity contribution >= 4 is 15.9 Å². The van der Waals surface area contributed by atoms with Crippen LogP contribution in [-0.2, 0) is 16.8 Å². The fourth-order valence-corrected chi connectivity index (χ4v) is 3.78. The van der Waals surface area contributed by atoms with Crippen molar-refractivity contribution in [2.24, 2.45) is 0 Å². The van der Waals surface area contributed by atoms with Gasteiger partial charge < -0.3 is 10.1 Å². The lowest BCUT2D eigenvalue weighted by atomic mass is 9.74. The number of nitrogens with one attached hydrogen (secondary N) is 1. The van der Waals surface area contributed by atoms with Gasteiger partial charge in [0.2, 0.25) is 0 Å². The lowest BCUT2D eigenvalue weighted by Crippen LogP contribution is -2.43. The van der Waals surface area contributed by atoms with Crippen molar-refractivity contribution in [3.05, 3.63) is 69.9 Å². The molecular formula is C19H21BrFNO. The number of benzene rings is 2. The number of ether oxygens (including phenoxy) is 1. The minimum atomic E-state index is -0.238. The Morgan fingerprint density at radius 1 is 1.09 bits per heavy atom. The minimum Gasteiger partial charge on any atom is -0.376 e. The number of hydrogen-bond acceptors (Lipinski definition) is 2. The predicted octanol–water partition coefficient (Wildman–Crippen LogP) is 4.43. The van der Waals surface area contributed by atoms with Crippen molar-refractivity contribution in [2.45, 2.75) is 24.9 Å². The Balaban J connectivity index is 1.70. The zero-order valence-electron chi connectivity index (χ0n) is 13.0. The molecule has 0 unspecified atom stereocenters. The highest BCUT2D eigenvalue weighted by molar-refractivity contribution is 9.10. The normalized spacial score (nSPS) is 17.1. The predicted molar refractivity (Wildman–Crippen MR) is 94.0 cm³/mol. The highest BCUT2D eigenvalue weighted by atomic mass is 79.9. The van der Waals surface area contributed by atoms with Gasteiger partial charge in [-0.2, -0.15) is 0 Å². The van der Waals surface area contributed by atoms with Crippen LogP contribution in [0.3, 0.4) is 0 Å². The molecule has 3 rings (SSSR count). The monoisotopic (exact) mass is 377 g/mol. The first kappa shape index (κ1) is 16.6. The summed E-state index contributed by atoms with van der Waals surface area (Å²) in [6.45, 7) is 3.10. The average Bonchev–Trinajstić information content (AvgIpc) is 2.56. The molecule has 23 heavy (non-hydrogen) atoms. The largest absolute Gasteiger partial charge is 0.376 e. The van der Waals surface area contributed by atoms with E-state index in [2.05, 4.69) is 45.5 Å². The quantitative estimate of drug-likeness (QED) is 0.832. The topological polar surface area (TPSA) is 21.3 Å². The third kappa shape index (κ3) is 4.19. The summed E-state index contributed by atoms with van der Waals surface area (Å²) in [5.74, 6) is -0.238. The molecule has 0 aliphatic carbocycles. The van der Waals surface area contributed by atoms with Gasteiger partial charge in [0.15, 0.2) is 0 Å². The van der Waals surface area contributed by atoms with Crippen molar-refractivity contribution in [3.63, 3.8) is 0 Å². The van der Waals surface area contributed by atoms with Gasteiger partial charge in [-0.3, -0.25) is 0 Å². The zero-order chi connectivity index (χ0) is 16.1. The third-order valence-corrected chi connectivity index (χ3v) is 4.97. The van der Waals surface area contributed by atoms with Gasteiger partial charge in [-0.05, 0) is 55.3 Å². The Hall–Kier alpha value is -1.23. The summed E-state index contributed by atoms with van der Waals surface area (Å²) in [5.41, 5.74) is 2.24. The van der Waals surface area contributed by atoms with Gasteiger partial charge in [-0.15, -0.1) is 0 Å². The molecule has 0 amide bonds. The molecule has 1 N–H and O–H groups in total. The van der Waals surface area contributed by atoms with E-state index in [9.17, 15) is 4.39 Å². The van der Waals surface area contributed by atoms with E-state index in [4.69, 9.17) is 4.74 Å². The van der Waals surface area contributed by atoms with Crippen molar-refractivity contribution in [2.75, 3.05) is 19.7 Å². The number of piperidine rings is 1. The maximum absolute atomic E-state index is 13.5. The van der Waals surface area contributed by atoms with E-state index in [0.717, 1.165) is 36.0 Å². The molecule has 2 aromatic carbocycles. The minimum absolute atomic E-state index is 0.0526. The van der Waals surface area contributed by atoms with Crippen LogP contribution in [0.1, 0.15) is 24.0 Å². The summed E-state index contributed by atoms with van der Waals surface area (Å²) in [6, 6.07) is 15.5. The standard InChI is InChI=1S/C19H21BrFNO/c20-17-10-15(11-18(21)12-17)13-23-14-19(6-8-22-9-7-19)16-4-2-1-3-5-16/h1-5,10-12,22H,6-9,13-14H2. The molecular weight excluding hydrogens is 357 g/mol. The molecule has 0 atom stereocenters. The van der Waals surface area contributed by atoms with E-state index >= 15 is 0 Å². The molecule has 2 aromatic rings. The molecule has 0 spiro atoms. The second-order valence-electron chi connectivity index (χ2n) is 6.17. The van der Waals surface area contributed by atoms with Crippen molar-refractivity contribution in [3.8, 4) is 0 Å². The zero-order valence-corrected chi connectivity index (χ0v) is 14.6. The fraction of sp³-hybridized carbons (Fsp3) is 0.368. The van der Waals surface area contributed by atoms with E-state index in [1.807, 2.05) is 12.1 Å². The van der Waals surface area contributed by atoms with Crippen molar-refractivity contribution < 1.29 is 9.13 Å². The molecule has 0 bridgehead atoms. The number of rotatable bonds is 5. The Morgan fingerprint density at radius 2 is 1.83 bits per heavy atom. The molecule has 1 fully saturated rings. The van der Waals surface area contributed by atoms with Crippen LogP contribution in [-0.4, -0.2) is 19.7 Å². The average molecular weight is 378 g/mol. The molecule has 122 valence electrons. The first-order valence-corrected chi connectivity index (χ1v) is 8.76. The molecule has 1 saturated heterocycles. The smallest absolute Gasteiger partial charge is 0.124 e. The molecule has 0 aromatic heterocycles. The fourth-order valence-electron chi connectivity index (χ4n) is 3.27. The molecule has 1 aliphatic heterocycles. The van der Waals surface area contributed by atoms with Gasteiger partial charge in [0.25, 0.3) is 0 Å². The Kier molecular flexibility index (Phi) is 5.46. The highest BCUT2D eigenvalue weighted by Crippen LogP contribution is 2.34. The highest BCUT2D eigenvalue weighted by Gasteiger charge is 2.34. The molecule has 1 heterocycles. The second kappa shape index (κ2) is 7.56. The van der Waals surface area contributed by atoms with Crippen LogP contribution in [0.15, 0.2) is 53.0 Å². The number of halogens is 2. The van der Waals surface area contributed by atoms with Crippen LogP contribution >= 0.6 is 15.9 Å². The molecule has 4 heteroatoms. The summed E-state index contributed by atoms with van der Waals surface area (Å²) in [4.78, 5) is 0. The summed E-state index contributed by atoms with van der Waals surface area (Å²) in [5, 5.41) is 3.42. The van der Waals surface area contributed by atoms with Gasteiger partial charge in [-0.25, -0.2) is 4.39 Å². The van der Waals surface area contributed by atoms with Crippen LogP contribution in [0.25, 0.3) is 0 Å². The van der Waals surface area contributed by atoms with Crippen LogP contribution in [0, 0.1) is 5.82 Å². The lowest BCUT2D eigenvalue weighted by Gasteiger charge is -2.38. The van der Waals surface area contributed by atoms with Crippen LogP contribution in [0.2, 0.25) is 0 Å². The van der Waals surface area contributed by atoms with Crippen LogP contribution in [0.5, 0.6) is 0 Å². The Labute approximate surface area is 145 Å². The summed E-state index contributed by atoms with van der Waals surface area (Å²) in [6.07, 6.45) is 2.12. The molecule has 2 nitrogen and oxygen atoms in total. The van der Waals surface area contributed by atoms with Gasteiger partial charge in [-0.1, -0.05) is 46.3 Å². The second-order valence-corrected chi connectivity index (χ2v) is 7.08. The first-order chi connectivity index (χ1) is 11.2. The van der Waals surface area contributed by atoms with E-state index in [-0.39, 0.29) is 11.2 Å². The maximum atomic E-state index is 13.5. The van der Waals surface area contributed by atoms with Gasteiger partial charge in [0.1, 0.15) is 5.82 Å². The SMILES string of the molecule is Fc1cc(Br)cc(COCC2(c3ccccc3)CCNCC2)c1. The first-order valence-electron chi connectivity index (χ1n) is 7.97. The van der Waals surface area contributed by atoms with Crippen molar-refractivity contribution in [1.82, 2.24) is 5.32 Å². The Morgan fingerprint density at radius 3 is 2.52 bits per heavy atom. The van der Waals surface area contributed by atoms with E-state index in [1.54, 1.807) is 0 Å². The van der Waals surface area contributed by atoms with Crippen molar-refractivity contribution in [1.29, 1.82) is 0 Å². The maximum Gasteiger partial charge on any atom is 0.124 e. The van der Waals surface area contributed by atoms with Gasteiger partial charge >= 0.3 is 0 Å². The van der Waals surface area contributed by atoms with Crippen LogP contribution < -0.4 is 5.32 Å². The van der Waals surface area contributed by atoms with Gasteiger partial charge in [0, 0.05) is 9.89 Å².